The zero-order valence-corrected chi connectivity index (χ0v) is 52.0. The van der Waals surface area contributed by atoms with Crippen molar-refractivity contribution in [2.24, 2.45) is 11.5 Å². The number of hydrogen-bond donors (Lipinski definition) is 18. The van der Waals surface area contributed by atoms with Crippen molar-refractivity contribution in [3.05, 3.63) is 131 Å². The number of phenols is 2. The Hall–Kier alpha value is -10.6. The minimum absolute atomic E-state index is 0.0205. The molecule has 4 aromatic rings. The van der Waals surface area contributed by atoms with Gasteiger partial charge in [-0.1, -0.05) is 84.9 Å². The number of hydrogen-bond acceptors (Lipinski definition) is 19. The summed E-state index contributed by atoms with van der Waals surface area (Å²) in [5.41, 5.74) is 12.8. The Kier molecular flexibility index (Phi) is 29.4. The Morgan fingerprint density at radius 3 is 1.35 bits per heavy atom. The van der Waals surface area contributed by atoms with E-state index in [-0.39, 0.29) is 50.1 Å². The molecule has 12 amide bonds. The smallest absolute Gasteiger partial charge is 0.328 e. The van der Waals surface area contributed by atoms with Crippen LogP contribution in [-0.4, -0.2) is 212 Å². The van der Waals surface area contributed by atoms with Crippen molar-refractivity contribution in [1.82, 2.24) is 58.1 Å². The molecular weight excluding hydrogens is 1240 g/mol. The fourth-order valence-electron chi connectivity index (χ4n) is 9.77. The number of nitrogens with two attached hydrogens (primary N) is 2. The molecule has 20 N–H and O–H groups in total. The number of rotatable bonds is 36. The number of carbonyl (C=O) groups excluding carboxylic acids is 12. The summed E-state index contributed by atoms with van der Waals surface area (Å²) in [6, 6.07) is 11.3. The molecule has 4 aromatic carbocycles. The van der Waals surface area contributed by atoms with Gasteiger partial charge in [0.25, 0.3) is 0 Å². The van der Waals surface area contributed by atoms with Crippen molar-refractivity contribution >= 4 is 76.9 Å². The van der Waals surface area contributed by atoms with Crippen LogP contribution in [0.4, 0.5) is 0 Å². The molecule has 0 unspecified atom stereocenters. The van der Waals surface area contributed by atoms with Crippen LogP contribution in [0.2, 0.25) is 0 Å². The van der Waals surface area contributed by atoms with Gasteiger partial charge in [0, 0.05) is 38.6 Å². The monoisotopic (exact) mass is 1320 g/mol. The van der Waals surface area contributed by atoms with E-state index in [2.05, 4.69) is 53.2 Å². The zero-order chi connectivity index (χ0) is 69.9. The van der Waals surface area contributed by atoms with E-state index in [0.717, 1.165) is 0 Å². The van der Waals surface area contributed by atoms with Gasteiger partial charge in [0.05, 0.1) is 26.4 Å². The van der Waals surface area contributed by atoms with Crippen LogP contribution in [0.25, 0.3) is 0 Å². The first kappa shape index (κ1) is 75.2. The van der Waals surface area contributed by atoms with E-state index in [9.17, 15) is 93.0 Å². The van der Waals surface area contributed by atoms with Crippen molar-refractivity contribution in [2.75, 3.05) is 32.9 Å². The first-order chi connectivity index (χ1) is 45.2. The van der Waals surface area contributed by atoms with Gasteiger partial charge in [-0.3, -0.25) is 57.5 Å². The molecule has 0 saturated carbocycles. The largest absolute Gasteiger partial charge is 0.508 e. The number of phenolic OH excluding ortho intramolecular Hbond substituents is 2. The molecule has 11 atom stereocenters. The van der Waals surface area contributed by atoms with Crippen LogP contribution in [-0.2, 0) is 88.0 Å². The lowest BCUT2D eigenvalue weighted by Crippen LogP contribution is -2.61. The summed E-state index contributed by atoms with van der Waals surface area (Å²) in [6.45, 7) is -0.951. The number of carboxylic acid groups (broad SMARTS) is 1. The number of likely N-dealkylation sites (tertiary alicyclic amines) is 1. The molecule has 512 valence electrons. The second-order valence-corrected chi connectivity index (χ2v) is 22.5. The van der Waals surface area contributed by atoms with Crippen LogP contribution < -0.4 is 64.6 Å². The second kappa shape index (κ2) is 37.2. The number of benzene rings is 4. The van der Waals surface area contributed by atoms with Crippen LogP contribution in [0.15, 0.2) is 109 Å². The van der Waals surface area contributed by atoms with Gasteiger partial charge in [-0.2, -0.15) is 0 Å². The van der Waals surface area contributed by atoms with Gasteiger partial charge < -0.3 is 100 Å². The predicted octanol–water partition coefficient (Wildman–Crippen LogP) is -5.47. The summed E-state index contributed by atoms with van der Waals surface area (Å²) >= 11 is 0. The van der Waals surface area contributed by atoms with Gasteiger partial charge in [-0.15, -0.1) is 0 Å². The molecule has 32 heteroatoms. The van der Waals surface area contributed by atoms with E-state index in [1.807, 2.05) is 0 Å². The van der Waals surface area contributed by atoms with Gasteiger partial charge >= 0.3 is 5.97 Å². The minimum atomic E-state index is -1.83. The van der Waals surface area contributed by atoms with Gasteiger partial charge in [0.1, 0.15) is 78.0 Å². The normalized spacial score (nSPS) is 15.7. The summed E-state index contributed by atoms with van der Waals surface area (Å²) in [4.78, 5) is 176. The maximum Gasteiger partial charge on any atom is 0.328 e. The standard InChI is InChI=1S/C63H81N13O19/c1-34(68-60(91)48(32-78)74-56(87)43(23-24-51(65)82)70-58(89)44(26-36-10-5-3-6-11-36)69-52(83)30-66-55(86)42(64)31-77)53(84)71-45(27-38-15-19-40(80)20-16-38)57(88)67-35(2)54(85)73-47(29-37-12-7-4-8-13-37)62(93)76-25-9-14-50(76)61(92)72-46(28-39-17-21-41(81)22-18-39)59(90)75-49(33-79)63(94)95/h3-8,10-13,15-22,34-35,42-50,77-81H,9,14,23-33,64H2,1-2H3,(H2,65,82)(H,66,86)(H,67,88)(H,68,91)(H,69,83)(H,70,89)(H,71,84)(H,72,92)(H,73,85)(H,74,87)(H,75,90)(H,94,95)/t34-,35-,42-,43-,44-,45-,46-,47-,48-,49-,50-/m0/s1. The second-order valence-electron chi connectivity index (χ2n) is 22.5. The molecule has 0 aliphatic carbocycles. The average molecular weight is 1320 g/mol. The first-order valence-electron chi connectivity index (χ1n) is 30.2. The number of nitrogens with zero attached hydrogens (tertiary/aromatic N) is 1. The quantitative estimate of drug-likeness (QED) is 0.0202. The summed E-state index contributed by atoms with van der Waals surface area (Å²) in [6.07, 6.45) is -1.29. The number of amides is 12. The highest BCUT2D eigenvalue weighted by Crippen LogP contribution is 2.22. The third-order valence-corrected chi connectivity index (χ3v) is 15.1. The van der Waals surface area contributed by atoms with Crippen LogP contribution in [0.5, 0.6) is 11.5 Å². The van der Waals surface area contributed by atoms with E-state index < -0.39 is 183 Å². The molecule has 95 heavy (non-hydrogen) atoms. The van der Waals surface area contributed by atoms with Crippen molar-refractivity contribution in [3.8, 4) is 11.5 Å². The van der Waals surface area contributed by atoms with Crippen molar-refractivity contribution in [3.63, 3.8) is 0 Å². The Morgan fingerprint density at radius 1 is 0.474 bits per heavy atom. The minimum Gasteiger partial charge on any atom is -0.508 e. The number of aliphatic hydroxyl groups excluding tert-OH is 3. The molecule has 1 aliphatic heterocycles. The average Bonchev–Trinajstić information content (AvgIpc) is 1.81. The Labute approximate surface area is 545 Å². The van der Waals surface area contributed by atoms with Crippen molar-refractivity contribution in [1.29, 1.82) is 0 Å². The Morgan fingerprint density at radius 2 is 0.874 bits per heavy atom. The van der Waals surface area contributed by atoms with E-state index in [0.29, 0.717) is 28.7 Å². The topological polar surface area (TPSA) is 519 Å². The van der Waals surface area contributed by atoms with Crippen molar-refractivity contribution < 1.29 is 93.0 Å². The van der Waals surface area contributed by atoms with Gasteiger partial charge in [0.15, 0.2) is 0 Å². The van der Waals surface area contributed by atoms with Gasteiger partial charge in [-0.05, 0) is 79.6 Å². The molecule has 1 heterocycles. The number of nitrogens with one attached hydrogen (secondary N) is 10. The molecular formula is C63H81N13O19. The third-order valence-electron chi connectivity index (χ3n) is 15.1. The van der Waals surface area contributed by atoms with E-state index in [1.54, 1.807) is 60.7 Å². The molecule has 32 nitrogen and oxygen atoms in total. The van der Waals surface area contributed by atoms with Crippen LogP contribution in [0, 0.1) is 0 Å². The highest BCUT2D eigenvalue weighted by molar-refractivity contribution is 5.99. The maximum atomic E-state index is 14.7. The Bertz CT molecular complexity index is 3330. The van der Waals surface area contributed by atoms with Gasteiger partial charge in [-0.25, -0.2) is 4.79 Å². The van der Waals surface area contributed by atoms with Crippen LogP contribution in [0.3, 0.4) is 0 Å². The maximum absolute atomic E-state index is 14.7. The molecule has 0 bridgehead atoms. The predicted molar refractivity (Wildman–Crippen MR) is 336 cm³/mol. The molecule has 5 rings (SSSR count). The summed E-state index contributed by atoms with van der Waals surface area (Å²) in [7, 11) is 0. The zero-order valence-electron chi connectivity index (χ0n) is 52.0. The van der Waals surface area contributed by atoms with E-state index >= 15 is 0 Å². The highest BCUT2D eigenvalue weighted by atomic mass is 16.4. The summed E-state index contributed by atoms with van der Waals surface area (Å²) in [5, 5.41) is 82.7. The van der Waals surface area contributed by atoms with Crippen LogP contribution >= 0.6 is 0 Å². The number of aliphatic carboxylic acids is 1. The molecule has 0 radical (unpaired) electrons. The SMILES string of the molecule is C[C@H](NC(=O)[C@H](Cc1ccc(O)cc1)NC(=O)[C@H](C)NC(=O)[C@H](CO)NC(=O)[C@H](CCC(N)=O)NC(=O)[C@H](Cc1ccccc1)NC(=O)CNC(=O)[C@@H](N)CO)C(=O)N[C@@H](Cc1ccccc1)C(=O)N1CCC[C@H]1C(=O)N[C@@H](Cc1ccc(O)cc1)C(=O)N[C@@H](CO)C(=O)O. The Balaban J connectivity index is 1.29. The molecule has 1 aliphatic rings. The first-order valence-corrected chi connectivity index (χ1v) is 30.2. The number of aliphatic hydroxyl groups is 3. The fraction of sp³-hybridized carbons (Fsp3) is 0.413. The summed E-state index contributed by atoms with van der Waals surface area (Å²) in [5.74, 6) is -13.0. The van der Waals surface area contributed by atoms with E-state index in [4.69, 9.17) is 11.5 Å². The van der Waals surface area contributed by atoms with Crippen LogP contribution in [0.1, 0.15) is 61.8 Å². The molecule has 0 aromatic heterocycles. The van der Waals surface area contributed by atoms with Crippen molar-refractivity contribution in [2.45, 2.75) is 132 Å². The highest BCUT2D eigenvalue weighted by Gasteiger charge is 2.41. The molecule has 1 saturated heterocycles. The third kappa shape index (κ3) is 24.1. The number of primary amides is 1. The number of aromatic hydroxyl groups is 2. The van der Waals surface area contributed by atoms with E-state index in [1.165, 1.54) is 67.3 Å². The number of carboxylic acids is 1. The van der Waals surface area contributed by atoms with Gasteiger partial charge in [0.2, 0.25) is 70.9 Å². The lowest BCUT2D eigenvalue weighted by atomic mass is 10.0. The molecule has 0 spiro atoms. The lowest BCUT2D eigenvalue weighted by molar-refractivity contribution is -0.144. The lowest BCUT2D eigenvalue weighted by Gasteiger charge is -2.31. The number of carbonyl (C=O) groups is 13. The fourth-order valence-corrected chi connectivity index (χ4v) is 9.77. The summed E-state index contributed by atoms with van der Waals surface area (Å²) < 4.78 is 0. The molecule has 1 fully saturated rings.